The van der Waals surface area contributed by atoms with E-state index in [1.807, 2.05) is 26.0 Å². The van der Waals surface area contributed by atoms with Crippen molar-refractivity contribution < 1.29 is 17.9 Å². The lowest BCUT2D eigenvalue weighted by molar-refractivity contribution is 0.0600. The molecular weight excluding hydrogens is 376 g/mol. The number of sulfonamides is 1. The molecule has 0 unspecified atom stereocenters. The molecule has 0 fully saturated rings. The Labute approximate surface area is 164 Å². The van der Waals surface area contributed by atoms with Crippen LogP contribution in [0.2, 0.25) is 0 Å². The number of rotatable bonds is 5. The molecule has 0 radical (unpaired) electrons. The van der Waals surface area contributed by atoms with Gasteiger partial charge in [-0.2, -0.15) is 0 Å². The highest BCUT2D eigenvalue weighted by Gasteiger charge is 2.17. The number of methoxy groups -OCH3 is 1. The number of benzene rings is 2. The molecule has 0 aliphatic heterocycles. The van der Waals surface area contributed by atoms with Gasteiger partial charge in [0.05, 0.1) is 17.6 Å². The van der Waals surface area contributed by atoms with Crippen molar-refractivity contribution in [2.75, 3.05) is 11.8 Å². The van der Waals surface area contributed by atoms with E-state index in [-0.39, 0.29) is 10.5 Å². The van der Waals surface area contributed by atoms with Crippen LogP contribution in [0.3, 0.4) is 0 Å². The van der Waals surface area contributed by atoms with Crippen LogP contribution in [0.4, 0.5) is 5.69 Å². The zero-order valence-electron chi connectivity index (χ0n) is 15.8. The summed E-state index contributed by atoms with van der Waals surface area (Å²) in [7, 11) is -2.60. The van der Waals surface area contributed by atoms with Gasteiger partial charge in [-0.15, -0.1) is 0 Å². The highest BCUT2D eigenvalue weighted by molar-refractivity contribution is 7.92. The van der Waals surface area contributed by atoms with Crippen molar-refractivity contribution >= 4 is 21.7 Å². The monoisotopic (exact) mass is 396 g/mol. The third-order valence-corrected chi connectivity index (χ3v) is 5.75. The third-order valence-electron chi connectivity index (χ3n) is 4.37. The standard InChI is InChI=1S/C21H20N2O4S/c1-14-9-10-22-13-20(14)19-8-7-17(11-15(19)2)23-28(25,26)18-6-4-5-16(12-18)21(24)27-3/h4-13,23H,1-3H3. The first-order valence-electron chi connectivity index (χ1n) is 8.54. The lowest BCUT2D eigenvalue weighted by atomic mass is 9.98. The maximum absolute atomic E-state index is 12.7. The van der Waals surface area contributed by atoms with Crippen molar-refractivity contribution in [2.45, 2.75) is 18.7 Å². The minimum Gasteiger partial charge on any atom is -0.465 e. The van der Waals surface area contributed by atoms with Gasteiger partial charge >= 0.3 is 5.97 Å². The van der Waals surface area contributed by atoms with Crippen LogP contribution in [0.25, 0.3) is 11.1 Å². The van der Waals surface area contributed by atoms with Crippen molar-refractivity contribution in [2.24, 2.45) is 0 Å². The summed E-state index contributed by atoms with van der Waals surface area (Å²) in [6.45, 7) is 3.92. The molecule has 0 aliphatic carbocycles. The fourth-order valence-electron chi connectivity index (χ4n) is 2.90. The van der Waals surface area contributed by atoms with Crippen molar-refractivity contribution in [1.82, 2.24) is 4.98 Å². The molecule has 3 aromatic rings. The molecule has 1 heterocycles. The van der Waals surface area contributed by atoms with Crippen LogP contribution in [0, 0.1) is 13.8 Å². The lowest BCUT2D eigenvalue weighted by Gasteiger charge is -2.13. The van der Waals surface area contributed by atoms with E-state index in [4.69, 9.17) is 0 Å². The molecule has 0 saturated carbocycles. The van der Waals surface area contributed by atoms with Gasteiger partial charge in [0.2, 0.25) is 0 Å². The van der Waals surface area contributed by atoms with Crippen molar-refractivity contribution in [3.05, 3.63) is 77.6 Å². The number of carbonyl (C=O) groups excluding carboxylic acids is 1. The van der Waals surface area contributed by atoms with E-state index in [2.05, 4.69) is 14.4 Å². The van der Waals surface area contributed by atoms with Gasteiger partial charge < -0.3 is 4.74 Å². The van der Waals surface area contributed by atoms with Gasteiger partial charge in [-0.05, 0) is 66.9 Å². The molecule has 3 rings (SSSR count). The Hall–Kier alpha value is -3.19. The van der Waals surface area contributed by atoms with Gasteiger partial charge in [-0.25, -0.2) is 13.2 Å². The number of nitrogens with one attached hydrogen (secondary N) is 1. The number of anilines is 1. The number of carbonyl (C=O) groups is 1. The maximum atomic E-state index is 12.7. The van der Waals surface area contributed by atoms with Gasteiger partial charge in [0.1, 0.15) is 0 Å². The Bertz CT molecular complexity index is 1140. The highest BCUT2D eigenvalue weighted by atomic mass is 32.2. The predicted octanol–water partition coefficient (Wildman–Crippen LogP) is 3.95. The molecule has 0 atom stereocenters. The number of aryl methyl sites for hydroxylation is 2. The Morgan fingerprint density at radius 3 is 2.46 bits per heavy atom. The molecule has 28 heavy (non-hydrogen) atoms. The average Bonchev–Trinajstić information content (AvgIpc) is 2.68. The molecule has 0 aliphatic rings. The van der Waals surface area contributed by atoms with E-state index < -0.39 is 16.0 Å². The Kier molecular flexibility index (Phi) is 5.46. The van der Waals surface area contributed by atoms with Gasteiger partial charge in [-0.1, -0.05) is 12.1 Å². The van der Waals surface area contributed by atoms with Gasteiger partial charge in [-0.3, -0.25) is 9.71 Å². The molecule has 0 saturated heterocycles. The largest absolute Gasteiger partial charge is 0.465 e. The van der Waals surface area contributed by atoms with Gasteiger partial charge in [0.25, 0.3) is 10.0 Å². The Morgan fingerprint density at radius 2 is 1.79 bits per heavy atom. The van der Waals surface area contributed by atoms with Crippen LogP contribution in [0.5, 0.6) is 0 Å². The Balaban J connectivity index is 1.90. The van der Waals surface area contributed by atoms with Gasteiger partial charge in [0, 0.05) is 23.6 Å². The molecule has 0 bridgehead atoms. The molecule has 1 aromatic heterocycles. The van der Waals surface area contributed by atoms with E-state index in [1.165, 1.54) is 31.4 Å². The smallest absolute Gasteiger partial charge is 0.337 e. The number of hydrogen-bond acceptors (Lipinski definition) is 5. The summed E-state index contributed by atoms with van der Waals surface area (Å²) in [6.07, 6.45) is 3.53. The molecule has 2 aromatic carbocycles. The Morgan fingerprint density at radius 1 is 1.00 bits per heavy atom. The summed E-state index contributed by atoms with van der Waals surface area (Å²) < 4.78 is 32.6. The quantitative estimate of drug-likeness (QED) is 0.660. The summed E-state index contributed by atoms with van der Waals surface area (Å²) in [5.74, 6) is -0.593. The fraction of sp³-hybridized carbons (Fsp3) is 0.143. The molecule has 0 amide bonds. The van der Waals surface area contributed by atoms with Crippen LogP contribution in [0.15, 0.2) is 65.8 Å². The van der Waals surface area contributed by atoms with E-state index >= 15 is 0 Å². The number of esters is 1. The van der Waals surface area contributed by atoms with E-state index in [9.17, 15) is 13.2 Å². The topological polar surface area (TPSA) is 85.4 Å². The maximum Gasteiger partial charge on any atom is 0.337 e. The first-order chi connectivity index (χ1) is 13.3. The summed E-state index contributed by atoms with van der Waals surface area (Å²) in [4.78, 5) is 15.8. The van der Waals surface area contributed by atoms with Crippen LogP contribution >= 0.6 is 0 Å². The van der Waals surface area contributed by atoms with Crippen LogP contribution in [0.1, 0.15) is 21.5 Å². The molecule has 0 spiro atoms. The SMILES string of the molecule is COC(=O)c1cccc(S(=O)(=O)Nc2ccc(-c3cnccc3C)c(C)c2)c1. The number of aromatic nitrogens is 1. The second kappa shape index (κ2) is 7.82. The van der Waals surface area contributed by atoms with Crippen molar-refractivity contribution in [3.63, 3.8) is 0 Å². The molecule has 6 nitrogen and oxygen atoms in total. The molecule has 144 valence electrons. The zero-order valence-corrected chi connectivity index (χ0v) is 16.6. The molecule has 7 heteroatoms. The zero-order chi connectivity index (χ0) is 20.3. The van der Waals surface area contributed by atoms with E-state index in [0.29, 0.717) is 5.69 Å². The van der Waals surface area contributed by atoms with Crippen molar-refractivity contribution in [1.29, 1.82) is 0 Å². The summed E-state index contributed by atoms with van der Waals surface area (Å²) in [5, 5.41) is 0. The summed E-state index contributed by atoms with van der Waals surface area (Å²) >= 11 is 0. The minimum absolute atomic E-state index is 0.0137. The van der Waals surface area contributed by atoms with E-state index in [0.717, 1.165) is 22.3 Å². The van der Waals surface area contributed by atoms with Crippen LogP contribution < -0.4 is 4.72 Å². The number of ether oxygens (including phenoxy) is 1. The van der Waals surface area contributed by atoms with Gasteiger partial charge in [0.15, 0.2) is 0 Å². The summed E-state index contributed by atoms with van der Waals surface area (Å²) in [6, 6.07) is 13.0. The normalized spacial score (nSPS) is 11.1. The average molecular weight is 396 g/mol. The first-order valence-corrected chi connectivity index (χ1v) is 10.0. The van der Waals surface area contributed by atoms with Crippen LogP contribution in [-0.4, -0.2) is 26.5 Å². The third kappa shape index (κ3) is 4.04. The van der Waals surface area contributed by atoms with Crippen molar-refractivity contribution in [3.8, 4) is 11.1 Å². The fourth-order valence-corrected chi connectivity index (χ4v) is 3.99. The van der Waals surface area contributed by atoms with Crippen LogP contribution in [-0.2, 0) is 14.8 Å². The first kappa shape index (κ1) is 19.6. The second-order valence-electron chi connectivity index (χ2n) is 6.35. The highest BCUT2D eigenvalue weighted by Crippen LogP contribution is 2.28. The lowest BCUT2D eigenvalue weighted by Crippen LogP contribution is -2.14. The predicted molar refractivity (Wildman–Crippen MR) is 108 cm³/mol. The number of pyridine rings is 1. The molecule has 1 N–H and O–H groups in total. The number of nitrogens with zero attached hydrogens (tertiary/aromatic N) is 1. The van der Waals surface area contributed by atoms with E-state index in [1.54, 1.807) is 24.5 Å². The minimum atomic E-state index is -3.85. The summed E-state index contributed by atoms with van der Waals surface area (Å²) in [5.41, 5.74) is 4.60. The number of hydrogen-bond donors (Lipinski definition) is 1. The molecular formula is C21H20N2O4S. The second-order valence-corrected chi connectivity index (χ2v) is 8.03.